The van der Waals surface area contributed by atoms with Crippen molar-refractivity contribution in [3.05, 3.63) is 82.1 Å². The normalized spacial score (nSPS) is 17.2. The number of hydrogen-bond acceptors (Lipinski definition) is 11. The van der Waals surface area contributed by atoms with Gasteiger partial charge in [-0.15, -0.1) is 0 Å². The van der Waals surface area contributed by atoms with Crippen LogP contribution in [0.25, 0.3) is 17.4 Å². The lowest BCUT2D eigenvalue weighted by Crippen LogP contribution is -2.40. The number of anilines is 1. The summed E-state index contributed by atoms with van der Waals surface area (Å²) < 4.78 is 114. The molecule has 0 saturated heterocycles. The largest absolute Gasteiger partial charge is 0.481 e. The third-order valence-corrected chi connectivity index (χ3v) is 13.4. The molecule has 348 valence electrons. The number of carbonyl (C=O) groups is 2. The predicted molar refractivity (Wildman–Crippen MR) is 240 cm³/mol. The van der Waals surface area contributed by atoms with Crippen LogP contribution in [-0.2, 0) is 50.7 Å². The topological polar surface area (TPSA) is 258 Å². The Morgan fingerprint density at radius 3 is 2.22 bits per heavy atom. The highest BCUT2D eigenvalue weighted by Crippen LogP contribution is 2.51. The summed E-state index contributed by atoms with van der Waals surface area (Å²) >= 11 is 0. The maximum Gasteiger partial charge on any atom is 0.303 e. The lowest BCUT2D eigenvalue weighted by molar-refractivity contribution is -0.137. The average molecular weight is 939 g/mol. The number of carboxylic acids is 1. The number of fused-ring (bicyclic) bond motifs is 2. The Morgan fingerprint density at radius 2 is 1.62 bits per heavy atom. The van der Waals surface area contributed by atoms with Crippen molar-refractivity contribution < 1.29 is 62.8 Å². The first kappa shape index (κ1) is 51.2. The van der Waals surface area contributed by atoms with E-state index in [1.807, 2.05) is 56.2 Å². The van der Waals surface area contributed by atoms with Gasteiger partial charge >= 0.3 is 5.97 Å². The second-order valence-corrected chi connectivity index (χ2v) is 21.3. The second-order valence-electron chi connectivity index (χ2n) is 16.8. The van der Waals surface area contributed by atoms with Gasteiger partial charge in [-0.05, 0) is 98.6 Å². The lowest BCUT2D eigenvalue weighted by atomic mass is 9.77. The molecule has 1 unspecified atom stereocenters. The van der Waals surface area contributed by atoms with Gasteiger partial charge in [-0.1, -0.05) is 33.3 Å². The fraction of sp³-hybridized carbons (Fsp3) is 0.512. The van der Waals surface area contributed by atoms with E-state index in [4.69, 9.17) is 9.15 Å². The summed E-state index contributed by atoms with van der Waals surface area (Å²) in [5.74, 6) is -1.79. The van der Waals surface area contributed by atoms with Gasteiger partial charge in [0.2, 0.25) is 5.36 Å². The number of unbranched alkanes of at least 4 members (excludes halogenated alkanes) is 2. The van der Waals surface area contributed by atoms with Gasteiger partial charge in [-0.2, -0.15) is 25.3 Å². The Kier molecular flexibility index (Phi) is 17.1. The molecule has 0 radical (unpaired) electrons. The van der Waals surface area contributed by atoms with Crippen molar-refractivity contribution >= 4 is 54.0 Å². The number of nitrogens with zero attached hydrogens (tertiary/aromatic N) is 2. The molecular formula is C43H60N3O14S3+. The molecule has 1 aliphatic carbocycles. The maximum atomic E-state index is 14.1. The first-order valence-corrected chi connectivity index (χ1v) is 25.3. The summed E-state index contributed by atoms with van der Waals surface area (Å²) in [6.07, 6.45) is 6.95. The molecule has 2 aliphatic heterocycles. The standard InChI is InChI=1S/C43H59N3O14S3/c1-7-45(23-13-27-62(53,54)55)36-20-18-32-33(42(2,3)4)28-30(60-40(32)39(36)41(49)44-22-25-59-6)14-11-15-37-43(5,21-12-26-61(50,51)52)34-29-31(63(56,57)58)17-19-35(34)46(37)24-10-8-9-16-38(47)48/h11,14-15,17-20,28-29H,7-10,12-13,16,21-27H2,1-6H3,(H4-,44,47,48,49,50,51,52,53,54,55,56,57,58)/p+1. The number of nitrogens with one attached hydrogen (secondary N) is 1. The summed E-state index contributed by atoms with van der Waals surface area (Å²) in [5.41, 5.74) is 1.92. The zero-order valence-corrected chi connectivity index (χ0v) is 39.0. The highest BCUT2D eigenvalue weighted by Gasteiger charge is 2.44. The lowest BCUT2D eigenvalue weighted by Gasteiger charge is -2.30. The minimum Gasteiger partial charge on any atom is -0.481 e. The zero-order valence-electron chi connectivity index (χ0n) is 36.6. The van der Waals surface area contributed by atoms with Crippen LogP contribution in [0.4, 0.5) is 5.69 Å². The number of methoxy groups -OCH3 is 1. The van der Waals surface area contributed by atoms with E-state index in [0.29, 0.717) is 66.0 Å². The van der Waals surface area contributed by atoms with Crippen LogP contribution in [0, 0.1) is 0 Å². The summed E-state index contributed by atoms with van der Waals surface area (Å²) in [5, 5.41) is 12.5. The van der Waals surface area contributed by atoms with Crippen molar-refractivity contribution in [2.24, 2.45) is 0 Å². The zero-order chi connectivity index (χ0) is 47.0. The molecule has 4 rings (SSSR count). The van der Waals surface area contributed by atoms with Gasteiger partial charge in [0, 0.05) is 61.5 Å². The Hall–Kier alpha value is -4.44. The Morgan fingerprint density at radius 1 is 0.937 bits per heavy atom. The van der Waals surface area contributed by atoms with Crippen molar-refractivity contribution in [3.63, 3.8) is 0 Å². The third kappa shape index (κ3) is 13.8. The summed E-state index contributed by atoms with van der Waals surface area (Å²) in [7, 11) is -11.7. The molecule has 5 N–H and O–H groups in total. The Labute approximate surface area is 370 Å². The molecule has 3 aliphatic rings. The van der Waals surface area contributed by atoms with Crippen LogP contribution in [0.5, 0.6) is 0 Å². The van der Waals surface area contributed by atoms with Gasteiger partial charge in [0.25, 0.3) is 36.3 Å². The van der Waals surface area contributed by atoms with E-state index >= 15 is 0 Å². The first-order valence-electron chi connectivity index (χ1n) is 20.7. The quantitative estimate of drug-likeness (QED) is 0.0483. The Balaban J connectivity index is 1.97. The number of rotatable bonds is 22. The van der Waals surface area contributed by atoms with Gasteiger partial charge in [-0.25, -0.2) is 4.58 Å². The molecule has 0 fully saturated rings. The molecule has 1 aromatic carbocycles. The molecule has 17 nitrogen and oxygen atoms in total. The second kappa shape index (κ2) is 21.0. The minimum atomic E-state index is -4.64. The Bertz CT molecular complexity index is 2590. The molecule has 20 heteroatoms. The van der Waals surface area contributed by atoms with Crippen molar-refractivity contribution in [2.45, 2.75) is 95.3 Å². The number of hydrogen-bond donors (Lipinski definition) is 5. The molecule has 63 heavy (non-hydrogen) atoms. The van der Waals surface area contributed by atoms with Crippen molar-refractivity contribution in [2.75, 3.05) is 56.3 Å². The number of allylic oxidation sites excluding steroid dienone is 3. The van der Waals surface area contributed by atoms with E-state index < -0.39 is 64.6 Å². The van der Waals surface area contributed by atoms with E-state index in [0.717, 1.165) is 5.56 Å². The minimum absolute atomic E-state index is 0.00449. The van der Waals surface area contributed by atoms with E-state index in [1.54, 1.807) is 30.4 Å². The highest BCUT2D eigenvalue weighted by atomic mass is 32.2. The highest BCUT2D eigenvalue weighted by molar-refractivity contribution is 7.86. The first-order chi connectivity index (χ1) is 29.3. The van der Waals surface area contributed by atoms with Crippen LogP contribution in [-0.4, -0.2) is 107 Å². The van der Waals surface area contributed by atoms with Crippen molar-refractivity contribution in [1.29, 1.82) is 0 Å². The van der Waals surface area contributed by atoms with E-state index in [-0.39, 0.29) is 61.6 Å². The number of carbonyl (C=O) groups excluding carboxylic acids is 1. The molecule has 2 heterocycles. The van der Waals surface area contributed by atoms with E-state index in [9.17, 15) is 53.6 Å². The predicted octanol–water partition coefficient (Wildman–Crippen LogP) is 5.36. The van der Waals surface area contributed by atoms with Crippen LogP contribution < -0.4 is 20.1 Å². The smallest absolute Gasteiger partial charge is 0.303 e. The third-order valence-electron chi connectivity index (χ3n) is 11.0. The molecule has 1 amide bonds. The van der Waals surface area contributed by atoms with Crippen LogP contribution in [0.3, 0.4) is 0 Å². The van der Waals surface area contributed by atoms with Crippen LogP contribution >= 0.6 is 0 Å². The number of benzene rings is 2. The summed E-state index contributed by atoms with van der Waals surface area (Å²) in [6.45, 7) is 11.1. The number of aliphatic carboxylic acids is 1. The van der Waals surface area contributed by atoms with Gasteiger partial charge in [0.1, 0.15) is 18.8 Å². The van der Waals surface area contributed by atoms with Gasteiger partial charge in [-0.3, -0.25) is 23.2 Å². The average Bonchev–Trinajstić information content (AvgIpc) is 3.39. The van der Waals surface area contributed by atoms with Crippen molar-refractivity contribution in [3.8, 4) is 11.3 Å². The molecule has 1 atom stereocenters. The van der Waals surface area contributed by atoms with E-state index in [1.165, 1.54) is 19.2 Å². The molecule has 1 aromatic rings. The van der Waals surface area contributed by atoms with Crippen LogP contribution in [0.1, 0.15) is 107 Å². The molecular weight excluding hydrogens is 879 g/mol. The molecule has 0 saturated carbocycles. The number of ether oxygens (including phenoxy) is 1. The molecule has 0 spiro atoms. The van der Waals surface area contributed by atoms with Gasteiger partial charge in [0.05, 0.1) is 23.0 Å². The number of amides is 1. The fourth-order valence-electron chi connectivity index (χ4n) is 7.95. The van der Waals surface area contributed by atoms with Crippen LogP contribution in [0.15, 0.2) is 63.6 Å². The SMILES string of the molecule is CC[N+](CCCS(=O)(=O)O)=c1ccc2c(C(C)(C)C)cc(C=CC=C3N(CCCCCC(=O)O)c4ccc(S(=O)(=O)O)cc4C3(C)CCCS(=O)(=O)O)oc-2c1C(=O)NCCOC. The fourth-order valence-corrected chi connectivity index (χ4v) is 9.46. The molecule has 0 aromatic heterocycles. The van der Waals surface area contributed by atoms with Gasteiger partial charge < -0.3 is 24.5 Å². The van der Waals surface area contributed by atoms with E-state index in [2.05, 4.69) is 5.32 Å². The summed E-state index contributed by atoms with van der Waals surface area (Å²) in [4.78, 5) is 26.9. The van der Waals surface area contributed by atoms with Crippen LogP contribution in [0.2, 0.25) is 0 Å². The monoisotopic (exact) mass is 938 g/mol. The molecule has 0 bridgehead atoms. The van der Waals surface area contributed by atoms with Crippen molar-refractivity contribution in [1.82, 2.24) is 9.89 Å². The number of carboxylic acid groups (broad SMARTS) is 1. The summed E-state index contributed by atoms with van der Waals surface area (Å²) in [6, 6.07) is 9.70. The van der Waals surface area contributed by atoms with Gasteiger partial charge in [0.15, 0.2) is 11.3 Å². The maximum absolute atomic E-state index is 14.1.